The van der Waals surface area contributed by atoms with E-state index >= 15 is 0 Å². The van der Waals surface area contributed by atoms with Crippen LogP contribution in [-0.2, 0) is 14.3 Å². The zero-order chi connectivity index (χ0) is 14.1. The Bertz CT molecular complexity index is 405. The Balaban J connectivity index is 2.46. The maximum Gasteiger partial charge on any atom is 0.303 e. The number of carboxylic acids is 1. The Morgan fingerprint density at radius 2 is 1.95 bits per heavy atom. The van der Waals surface area contributed by atoms with Crippen molar-refractivity contribution in [3.05, 3.63) is 35.9 Å². The highest BCUT2D eigenvalue weighted by atomic mass is 16.5. The quantitative estimate of drug-likeness (QED) is 0.750. The van der Waals surface area contributed by atoms with Gasteiger partial charge in [-0.25, -0.2) is 0 Å². The largest absolute Gasteiger partial charge is 0.481 e. The van der Waals surface area contributed by atoms with E-state index in [0.717, 1.165) is 5.56 Å². The maximum absolute atomic E-state index is 11.5. The molecule has 1 aromatic carbocycles. The van der Waals surface area contributed by atoms with E-state index in [1.165, 1.54) is 0 Å². The Hall–Kier alpha value is -1.88. The third-order valence-corrected chi connectivity index (χ3v) is 2.59. The van der Waals surface area contributed by atoms with Gasteiger partial charge in [-0.1, -0.05) is 30.3 Å². The first-order chi connectivity index (χ1) is 9.13. The fourth-order valence-electron chi connectivity index (χ4n) is 1.66. The number of hydrogen-bond acceptors (Lipinski definition) is 3. The minimum absolute atomic E-state index is 0.0109. The fourth-order valence-corrected chi connectivity index (χ4v) is 1.66. The van der Waals surface area contributed by atoms with Gasteiger partial charge in [0.25, 0.3) is 0 Å². The summed E-state index contributed by atoms with van der Waals surface area (Å²) in [5.41, 5.74) is 0.989. The van der Waals surface area contributed by atoms with E-state index in [4.69, 9.17) is 9.84 Å². The number of benzene rings is 1. The highest BCUT2D eigenvalue weighted by molar-refractivity contribution is 5.80. The monoisotopic (exact) mass is 265 g/mol. The zero-order valence-corrected chi connectivity index (χ0v) is 11.0. The smallest absolute Gasteiger partial charge is 0.303 e. The van der Waals surface area contributed by atoms with E-state index < -0.39 is 5.97 Å². The Morgan fingerprint density at radius 3 is 2.53 bits per heavy atom. The molecule has 0 spiro atoms. The summed E-state index contributed by atoms with van der Waals surface area (Å²) in [6.45, 7) is 2.78. The molecule has 0 aliphatic carbocycles. The molecular weight excluding hydrogens is 246 g/mol. The molecule has 0 bridgehead atoms. The second kappa shape index (κ2) is 8.26. The summed E-state index contributed by atoms with van der Waals surface area (Å²) in [7, 11) is 0. The predicted molar refractivity (Wildman–Crippen MR) is 70.7 cm³/mol. The highest BCUT2D eigenvalue weighted by Crippen LogP contribution is 2.15. The van der Waals surface area contributed by atoms with Crippen LogP contribution in [0.2, 0.25) is 0 Å². The van der Waals surface area contributed by atoms with E-state index in [-0.39, 0.29) is 24.9 Å². The molecule has 5 heteroatoms. The van der Waals surface area contributed by atoms with Crippen molar-refractivity contribution < 1.29 is 19.4 Å². The third kappa shape index (κ3) is 6.01. The van der Waals surface area contributed by atoms with Gasteiger partial charge in [-0.2, -0.15) is 0 Å². The molecule has 0 radical (unpaired) electrons. The van der Waals surface area contributed by atoms with Crippen LogP contribution in [0, 0.1) is 0 Å². The van der Waals surface area contributed by atoms with Crippen molar-refractivity contribution in [2.75, 3.05) is 13.2 Å². The lowest BCUT2D eigenvalue weighted by molar-refractivity contribution is -0.138. The summed E-state index contributed by atoms with van der Waals surface area (Å²) >= 11 is 0. The van der Waals surface area contributed by atoms with Gasteiger partial charge in [-0.05, 0) is 12.5 Å². The molecule has 1 rings (SSSR count). The average Bonchev–Trinajstić information content (AvgIpc) is 2.42. The summed E-state index contributed by atoms with van der Waals surface area (Å²) in [4.78, 5) is 21.8. The van der Waals surface area contributed by atoms with E-state index in [1.807, 2.05) is 37.3 Å². The molecule has 0 aromatic heterocycles. The normalized spacial score (nSPS) is 11.8. The topological polar surface area (TPSA) is 75.6 Å². The van der Waals surface area contributed by atoms with Gasteiger partial charge in [-0.15, -0.1) is 0 Å². The van der Waals surface area contributed by atoms with Crippen LogP contribution in [0.1, 0.15) is 31.4 Å². The molecule has 0 aliphatic rings. The number of ether oxygens (including phenoxy) is 1. The summed E-state index contributed by atoms with van der Waals surface area (Å²) in [5.74, 6) is -1.25. The molecule has 2 N–H and O–H groups in total. The van der Waals surface area contributed by atoms with E-state index in [0.29, 0.717) is 13.2 Å². The SMILES string of the molecule is CCOC(CNC(=O)CCC(=O)O)c1ccccc1. The predicted octanol–water partition coefficient (Wildman–Crippen LogP) is 1.75. The van der Waals surface area contributed by atoms with Crippen LogP contribution < -0.4 is 5.32 Å². The van der Waals surface area contributed by atoms with Gasteiger partial charge >= 0.3 is 5.97 Å². The van der Waals surface area contributed by atoms with E-state index in [1.54, 1.807) is 0 Å². The van der Waals surface area contributed by atoms with Crippen molar-refractivity contribution in [3.63, 3.8) is 0 Å². The highest BCUT2D eigenvalue weighted by Gasteiger charge is 2.13. The van der Waals surface area contributed by atoms with Gasteiger partial charge in [0.15, 0.2) is 0 Å². The molecule has 19 heavy (non-hydrogen) atoms. The lowest BCUT2D eigenvalue weighted by atomic mass is 10.1. The first-order valence-electron chi connectivity index (χ1n) is 6.28. The van der Waals surface area contributed by atoms with Gasteiger partial charge in [0, 0.05) is 19.6 Å². The standard InChI is InChI=1S/C14H19NO4/c1-2-19-12(11-6-4-3-5-7-11)10-15-13(16)8-9-14(17)18/h3-7,12H,2,8-10H2,1H3,(H,15,16)(H,17,18). The second-order valence-electron chi connectivity index (χ2n) is 4.05. The molecular formula is C14H19NO4. The van der Waals surface area contributed by atoms with Crippen LogP contribution in [-0.4, -0.2) is 30.1 Å². The van der Waals surface area contributed by atoms with Crippen LogP contribution in [0.25, 0.3) is 0 Å². The number of nitrogens with one attached hydrogen (secondary N) is 1. The first kappa shape index (κ1) is 15.2. The Morgan fingerprint density at radius 1 is 1.26 bits per heavy atom. The summed E-state index contributed by atoms with van der Waals surface area (Å²) in [5, 5.41) is 11.2. The number of carbonyl (C=O) groups is 2. The van der Waals surface area contributed by atoms with Crippen molar-refractivity contribution in [3.8, 4) is 0 Å². The Labute approximate surface area is 112 Å². The summed E-state index contributed by atoms with van der Waals surface area (Å²) < 4.78 is 5.57. The molecule has 5 nitrogen and oxygen atoms in total. The van der Waals surface area contributed by atoms with Gasteiger partial charge < -0.3 is 15.2 Å². The molecule has 0 heterocycles. The molecule has 1 unspecified atom stereocenters. The zero-order valence-electron chi connectivity index (χ0n) is 11.0. The lowest BCUT2D eigenvalue weighted by Crippen LogP contribution is -2.29. The Kier molecular flexibility index (Phi) is 6.60. The maximum atomic E-state index is 11.5. The summed E-state index contributed by atoms with van der Waals surface area (Å²) in [6, 6.07) is 9.60. The van der Waals surface area contributed by atoms with Crippen molar-refractivity contribution in [2.24, 2.45) is 0 Å². The van der Waals surface area contributed by atoms with Gasteiger partial charge in [0.05, 0.1) is 12.5 Å². The van der Waals surface area contributed by atoms with Crippen LogP contribution in [0.5, 0.6) is 0 Å². The van der Waals surface area contributed by atoms with Gasteiger partial charge in [0.2, 0.25) is 5.91 Å². The number of aliphatic carboxylic acids is 1. The van der Waals surface area contributed by atoms with Gasteiger partial charge in [-0.3, -0.25) is 9.59 Å². The van der Waals surface area contributed by atoms with Crippen LogP contribution >= 0.6 is 0 Å². The van der Waals surface area contributed by atoms with Crippen LogP contribution in [0.3, 0.4) is 0 Å². The van der Waals surface area contributed by atoms with Crippen molar-refractivity contribution >= 4 is 11.9 Å². The second-order valence-corrected chi connectivity index (χ2v) is 4.05. The van der Waals surface area contributed by atoms with Crippen LogP contribution in [0.4, 0.5) is 0 Å². The number of rotatable bonds is 8. The van der Waals surface area contributed by atoms with Crippen molar-refractivity contribution in [1.82, 2.24) is 5.32 Å². The van der Waals surface area contributed by atoms with E-state index in [9.17, 15) is 9.59 Å². The van der Waals surface area contributed by atoms with E-state index in [2.05, 4.69) is 5.32 Å². The average molecular weight is 265 g/mol. The van der Waals surface area contributed by atoms with Gasteiger partial charge in [0.1, 0.15) is 0 Å². The molecule has 1 atom stereocenters. The molecule has 1 amide bonds. The molecule has 0 aliphatic heterocycles. The number of carboxylic acid groups (broad SMARTS) is 1. The minimum atomic E-state index is -0.973. The third-order valence-electron chi connectivity index (χ3n) is 2.59. The molecule has 0 saturated carbocycles. The minimum Gasteiger partial charge on any atom is -0.481 e. The fraction of sp³-hybridized carbons (Fsp3) is 0.429. The molecule has 1 aromatic rings. The summed E-state index contributed by atoms with van der Waals surface area (Å²) in [6.07, 6.45) is -0.376. The first-order valence-corrected chi connectivity index (χ1v) is 6.28. The van der Waals surface area contributed by atoms with Crippen LogP contribution in [0.15, 0.2) is 30.3 Å². The molecule has 104 valence electrons. The lowest BCUT2D eigenvalue weighted by Gasteiger charge is -2.18. The number of carbonyl (C=O) groups excluding carboxylic acids is 1. The molecule has 0 saturated heterocycles. The van der Waals surface area contributed by atoms with Crippen molar-refractivity contribution in [2.45, 2.75) is 25.9 Å². The number of amides is 1. The van der Waals surface area contributed by atoms with Crippen molar-refractivity contribution in [1.29, 1.82) is 0 Å². The molecule has 0 fully saturated rings. The number of hydrogen-bond donors (Lipinski definition) is 2.